The number of fused-ring (bicyclic) bond motifs is 1. The second kappa shape index (κ2) is 7.96. The maximum Gasteiger partial charge on any atom is 0.273 e. The molecule has 142 valence electrons. The van der Waals surface area contributed by atoms with E-state index in [9.17, 15) is 4.79 Å². The predicted octanol–water partition coefficient (Wildman–Crippen LogP) is 3.36. The van der Waals surface area contributed by atoms with E-state index in [4.69, 9.17) is 9.26 Å². The van der Waals surface area contributed by atoms with E-state index in [0.717, 1.165) is 29.7 Å². The molecule has 0 saturated heterocycles. The van der Waals surface area contributed by atoms with Crippen molar-refractivity contribution in [2.24, 2.45) is 0 Å². The maximum atomic E-state index is 12.3. The van der Waals surface area contributed by atoms with Crippen LogP contribution in [0.15, 0.2) is 65.4 Å². The second-order valence-electron chi connectivity index (χ2n) is 6.34. The summed E-state index contributed by atoms with van der Waals surface area (Å²) in [6.07, 6.45) is 5.39. The van der Waals surface area contributed by atoms with Crippen molar-refractivity contribution >= 4 is 11.4 Å². The van der Waals surface area contributed by atoms with Gasteiger partial charge in [-0.05, 0) is 30.7 Å². The number of aryl methyl sites for hydroxylation is 1. The van der Waals surface area contributed by atoms with Gasteiger partial charge in [0, 0.05) is 30.8 Å². The molecule has 1 aromatic carbocycles. The van der Waals surface area contributed by atoms with E-state index in [1.165, 1.54) is 0 Å². The highest BCUT2D eigenvalue weighted by molar-refractivity contribution is 5.93. The van der Waals surface area contributed by atoms with Crippen LogP contribution < -0.4 is 10.1 Å². The largest absolute Gasteiger partial charge is 0.497 e. The molecule has 1 amide bonds. The van der Waals surface area contributed by atoms with Gasteiger partial charge < -0.3 is 19.0 Å². The number of benzene rings is 1. The lowest BCUT2D eigenvalue weighted by molar-refractivity contribution is 0.0944. The number of carbonyl (C=O) groups excluding carboxylic acids is 1. The van der Waals surface area contributed by atoms with Crippen molar-refractivity contribution in [3.8, 4) is 17.1 Å². The summed E-state index contributed by atoms with van der Waals surface area (Å²) in [5.41, 5.74) is 2.12. The Morgan fingerprint density at radius 1 is 1.21 bits per heavy atom. The van der Waals surface area contributed by atoms with Gasteiger partial charge in [-0.2, -0.15) is 0 Å². The Bertz CT molecular complexity index is 1100. The molecule has 0 aliphatic rings. The fourth-order valence-corrected chi connectivity index (χ4v) is 3.02. The Balaban J connectivity index is 1.32. The molecule has 4 rings (SSSR count). The van der Waals surface area contributed by atoms with Crippen molar-refractivity contribution in [3.63, 3.8) is 0 Å². The molecule has 0 aliphatic heterocycles. The van der Waals surface area contributed by atoms with Crippen LogP contribution in [0.1, 0.15) is 22.7 Å². The number of carbonyl (C=O) groups is 1. The van der Waals surface area contributed by atoms with Gasteiger partial charge in [0.1, 0.15) is 11.6 Å². The summed E-state index contributed by atoms with van der Waals surface area (Å²) in [4.78, 5) is 16.7. The summed E-state index contributed by atoms with van der Waals surface area (Å²) in [5.74, 6) is 1.96. The molecule has 0 saturated carbocycles. The molecule has 0 atom stereocenters. The minimum absolute atomic E-state index is 0.254. The first-order chi connectivity index (χ1) is 13.7. The minimum atomic E-state index is -0.258. The Morgan fingerprint density at radius 2 is 2.14 bits per heavy atom. The molecular formula is C21H20N4O3. The monoisotopic (exact) mass is 376 g/mol. The van der Waals surface area contributed by atoms with E-state index >= 15 is 0 Å². The SMILES string of the molecule is COc1cccc(-c2cc(C(=O)NCCCc3ncc4ccccn34)no2)c1. The van der Waals surface area contributed by atoms with Gasteiger partial charge >= 0.3 is 0 Å². The average molecular weight is 376 g/mol. The van der Waals surface area contributed by atoms with Gasteiger partial charge in [-0.15, -0.1) is 0 Å². The van der Waals surface area contributed by atoms with E-state index in [0.29, 0.717) is 18.1 Å². The number of hydrogen-bond donors (Lipinski definition) is 1. The zero-order valence-electron chi connectivity index (χ0n) is 15.5. The Hall–Kier alpha value is -3.61. The van der Waals surface area contributed by atoms with Crippen LogP contribution in [0.25, 0.3) is 16.8 Å². The molecule has 7 heteroatoms. The van der Waals surface area contributed by atoms with Crippen LogP contribution in [-0.4, -0.2) is 34.1 Å². The number of hydrogen-bond acceptors (Lipinski definition) is 5. The smallest absolute Gasteiger partial charge is 0.273 e. The molecule has 0 aliphatic carbocycles. The number of pyridine rings is 1. The van der Waals surface area contributed by atoms with Gasteiger partial charge in [-0.3, -0.25) is 4.79 Å². The highest BCUT2D eigenvalue weighted by atomic mass is 16.5. The van der Waals surface area contributed by atoms with Crippen LogP contribution in [0.2, 0.25) is 0 Å². The van der Waals surface area contributed by atoms with Gasteiger partial charge in [0.05, 0.1) is 18.8 Å². The number of nitrogens with one attached hydrogen (secondary N) is 1. The lowest BCUT2D eigenvalue weighted by atomic mass is 10.1. The third-order valence-electron chi connectivity index (χ3n) is 4.48. The molecule has 0 spiro atoms. The first-order valence-corrected chi connectivity index (χ1v) is 9.05. The lowest BCUT2D eigenvalue weighted by Gasteiger charge is -2.03. The summed E-state index contributed by atoms with van der Waals surface area (Å²) < 4.78 is 12.6. The summed E-state index contributed by atoms with van der Waals surface area (Å²) in [6.45, 7) is 0.530. The molecule has 1 N–H and O–H groups in total. The molecule has 28 heavy (non-hydrogen) atoms. The topological polar surface area (TPSA) is 81.7 Å². The summed E-state index contributed by atoms with van der Waals surface area (Å²) in [6, 6.07) is 15.0. The number of amides is 1. The molecule has 7 nitrogen and oxygen atoms in total. The number of aromatic nitrogens is 3. The predicted molar refractivity (Wildman–Crippen MR) is 104 cm³/mol. The Labute approximate surface area is 161 Å². The van der Waals surface area contributed by atoms with Crippen LogP contribution in [0.5, 0.6) is 5.75 Å². The van der Waals surface area contributed by atoms with Crippen molar-refractivity contribution in [2.45, 2.75) is 12.8 Å². The van der Waals surface area contributed by atoms with Gasteiger partial charge in [-0.25, -0.2) is 4.98 Å². The maximum absolute atomic E-state index is 12.3. The highest BCUT2D eigenvalue weighted by Crippen LogP contribution is 2.24. The van der Waals surface area contributed by atoms with Gasteiger partial charge in [0.2, 0.25) is 0 Å². The molecular weight excluding hydrogens is 356 g/mol. The number of ether oxygens (including phenoxy) is 1. The molecule has 3 aromatic heterocycles. The van der Waals surface area contributed by atoms with Gasteiger partial charge in [0.15, 0.2) is 11.5 Å². The molecule has 0 fully saturated rings. The third kappa shape index (κ3) is 3.73. The lowest BCUT2D eigenvalue weighted by Crippen LogP contribution is -2.25. The molecule has 0 bridgehead atoms. The zero-order chi connectivity index (χ0) is 19.3. The zero-order valence-corrected chi connectivity index (χ0v) is 15.5. The summed E-state index contributed by atoms with van der Waals surface area (Å²) in [7, 11) is 1.60. The van der Waals surface area contributed by atoms with E-state index in [1.807, 2.05) is 54.9 Å². The van der Waals surface area contributed by atoms with Crippen molar-refractivity contribution in [2.75, 3.05) is 13.7 Å². The number of rotatable bonds is 7. The molecule has 0 radical (unpaired) electrons. The first kappa shape index (κ1) is 17.8. The van der Waals surface area contributed by atoms with Crippen LogP contribution >= 0.6 is 0 Å². The van der Waals surface area contributed by atoms with Crippen molar-refractivity contribution in [1.29, 1.82) is 0 Å². The Morgan fingerprint density at radius 3 is 3.04 bits per heavy atom. The molecule has 3 heterocycles. The van der Waals surface area contributed by atoms with Crippen molar-refractivity contribution < 1.29 is 14.1 Å². The van der Waals surface area contributed by atoms with Gasteiger partial charge in [-0.1, -0.05) is 23.4 Å². The summed E-state index contributed by atoms with van der Waals surface area (Å²) >= 11 is 0. The number of nitrogens with zero attached hydrogens (tertiary/aromatic N) is 3. The van der Waals surface area contributed by atoms with Crippen molar-refractivity contribution in [1.82, 2.24) is 19.9 Å². The summed E-state index contributed by atoms with van der Waals surface area (Å²) in [5, 5.41) is 6.75. The molecule has 4 aromatic rings. The fraction of sp³-hybridized carbons (Fsp3) is 0.190. The minimum Gasteiger partial charge on any atom is -0.497 e. The normalized spacial score (nSPS) is 10.9. The standard InChI is InChI=1S/C21H20N4O3/c1-27-17-8-4-6-15(12-17)19-13-18(24-28-19)21(26)22-10-5-9-20-23-14-16-7-2-3-11-25(16)20/h2-4,6-8,11-14H,5,9-10H2,1H3,(H,22,26). The fourth-order valence-electron chi connectivity index (χ4n) is 3.02. The van der Waals surface area contributed by atoms with E-state index in [-0.39, 0.29) is 11.6 Å². The van der Waals surface area contributed by atoms with Crippen molar-refractivity contribution in [3.05, 3.63) is 72.4 Å². The molecule has 0 unspecified atom stereocenters. The van der Waals surface area contributed by atoms with Gasteiger partial charge in [0.25, 0.3) is 5.91 Å². The number of methoxy groups -OCH3 is 1. The second-order valence-corrected chi connectivity index (χ2v) is 6.34. The van der Waals surface area contributed by atoms with Crippen LogP contribution in [0.3, 0.4) is 0 Å². The third-order valence-corrected chi connectivity index (χ3v) is 4.48. The van der Waals surface area contributed by atoms with E-state index in [1.54, 1.807) is 13.2 Å². The number of imidazole rings is 1. The van der Waals surface area contributed by atoms with Crippen LogP contribution in [-0.2, 0) is 6.42 Å². The van der Waals surface area contributed by atoms with Crippen LogP contribution in [0.4, 0.5) is 0 Å². The van der Waals surface area contributed by atoms with E-state index < -0.39 is 0 Å². The van der Waals surface area contributed by atoms with Crippen LogP contribution in [0, 0.1) is 0 Å². The highest BCUT2D eigenvalue weighted by Gasteiger charge is 2.14. The quantitative estimate of drug-likeness (QED) is 0.500. The van der Waals surface area contributed by atoms with E-state index in [2.05, 4.69) is 19.9 Å². The first-order valence-electron chi connectivity index (χ1n) is 9.05. The Kier molecular flexibility index (Phi) is 5.05. The average Bonchev–Trinajstić information content (AvgIpc) is 3.39.